The number of aliphatic hydroxyl groups excluding tert-OH is 1. The minimum absolute atomic E-state index is 0.190. The van der Waals surface area contributed by atoms with Gasteiger partial charge in [-0.3, -0.25) is 4.79 Å². The number of nitrogens with zero attached hydrogens (tertiary/aromatic N) is 3. The molecular formula is C15H23N3O5S. The molecule has 0 radical (unpaired) electrons. The van der Waals surface area contributed by atoms with E-state index in [1.807, 2.05) is 0 Å². The van der Waals surface area contributed by atoms with Gasteiger partial charge in [-0.1, -0.05) is 0 Å². The van der Waals surface area contributed by atoms with Gasteiger partial charge in [0.2, 0.25) is 15.8 Å². The van der Waals surface area contributed by atoms with Gasteiger partial charge in [-0.15, -0.1) is 0 Å². The molecule has 0 aliphatic carbocycles. The van der Waals surface area contributed by atoms with Crippen LogP contribution >= 0.6 is 0 Å². The molecule has 1 spiro atoms. The molecule has 1 amide bonds. The third-order valence-corrected chi connectivity index (χ3v) is 6.70. The number of piperidine rings is 1. The molecule has 134 valence electrons. The number of hydrogen-bond acceptors (Lipinski definition) is 6. The molecule has 24 heavy (non-hydrogen) atoms. The summed E-state index contributed by atoms with van der Waals surface area (Å²) in [5.74, 6) is 0.0283. The Kier molecular flexibility index (Phi) is 4.21. The summed E-state index contributed by atoms with van der Waals surface area (Å²) in [7, 11) is -3.39. The van der Waals surface area contributed by atoms with Crippen molar-refractivity contribution in [3.8, 4) is 0 Å². The second kappa shape index (κ2) is 5.82. The van der Waals surface area contributed by atoms with Gasteiger partial charge >= 0.3 is 0 Å². The zero-order valence-corrected chi connectivity index (χ0v) is 14.8. The molecule has 0 bridgehead atoms. The maximum absolute atomic E-state index is 12.3. The van der Waals surface area contributed by atoms with Gasteiger partial charge in [-0.25, -0.2) is 13.4 Å². The minimum Gasteiger partial charge on any atom is -0.438 e. The van der Waals surface area contributed by atoms with Crippen LogP contribution in [0.3, 0.4) is 0 Å². The number of rotatable bonds is 3. The summed E-state index contributed by atoms with van der Waals surface area (Å²) >= 11 is 0. The molecule has 1 atom stereocenters. The van der Waals surface area contributed by atoms with Gasteiger partial charge in [0.1, 0.15) is 0 Å². The van der Waals surface area contributed by atoms with E-state index in [1.54, 1.807) is 11.8 Å². The first-order chi connectivity index (χ1) is 11.2. The zero-order valence-electron chi connectivity index (χ0n) is 13.9. The SMILES string of the molecule is C[C@]1(CO)CC2(CCN(C(=O)c3cnco3)CC2)CN1S(C)(=O)=O. The van der Waals surface area contributed by atoms with Crippen LogP contribution in [0.25, 0.3) is 0 Å². The Balaban J connectivity index is 1.73. The van der Waals surface area contributed by atoms with Crippen LogP contribution in [0.5, 0.6) is 0 Å². The van der Waals surface area contributed by atoms with Crippen molar-refractivity contribution in [2.75, 3.05) is 32.5 Å². The molecule has 3 rings (SSSR count). The lowest BCUT2D eigenvalue weighted by Gasteiger charge is -2.39. The van der Waals surface area contributed by atoms with Crippen molar-refractivity contribution in [2.24, 2.45) is 5.41 Å². The zero-order chi connectivity index (χ0) is 17.6. The average Bonchev–Trinajstić information content (AvgIpc) is 3.14. The molecule has 0 unspecified atom stereocenters. The van der Waals surface area contributed by atoms with Gasteiger partial charge in [0.25, 0.3) is 5.91 Å². The van der Waals surface area contributed by atoms with Crippen LogP contribution in [0.4, 0.5) is 0 Å². The second-order valence-electron chi connectivity index (χ2n) is 7.26. The summed E-state index contributed by atoms with van der Waals surface area (Å²) in [5.41, 5.74) is -0.969. The Hall–Kier alpha value is -1.45. The van der Waals surface area contributed by atoms with E-state index in [9.17, 15) is 18.3 Å². The predicted molar refractivity (Wildman–Crippen MR) is 85.7 cm³/mol. The number of aromatic nitrogens is 1. The van der Waals surface area contributed by atoms with E-state index in [4.69, 9.17) is 4.42 Å². The van der Waals surface area contributed by atoms with Crippen molar-refractivity contribution in [3.63, 3.8) is 0 Å². The van der Waals surface area contributed by atoms with Crippen LogP contribution in [0, 0.1) is 5.41 Å². The van der Waals surface area contributed by atoms with E-state index in [1.165, 1.54) is 23.2 Å². The molecule has 1 aromatic rings. The number of amides is 1. The quantitative estimate of drug-likeness (QED) is 0.835. The van der Waals surface area contributed by atoms with E-state index in [-0.39, 0.29) is 23.7 Å². The fraction of sp³-hybridized carbons (Fsp3) is 0.733. The highest BCUT2D eigenvalue weighted by Gasteiger charge is 2.54. The largest absolute Gasteiger partial charge is 0.438 e. The number of carbonyl (C=O) groups is 1. The molecule has 0 saturated carbocycles. The summed E-state index contributed by atoms with van der Waals surface area (Å²) in [6.45, 7) is 3.06. The molecule has 2 aliphatic heterocycles. The van der Waals surface area contributed by atoms with E-state index in [2.05, 4.69) is 4.98 Å². The van der Waals surface area contributed by atoms with Gasteiger partial charge in [-0.05, 0) is 31.6 Å². The Morgan fingerprint density at radius 3 is 2.54 bits per heavy atom. The molecule has 2 aliphatic rings. The monoisotopic (exact) mass is 357 g/mol. The Morgan fingerprint density at radius 2 is 2.08 bits per heavy atom. The van der Waals surface area contributed by atoms with Gasteiger partial charge in [-0.2, -0.15) is 4.31 Å². The second-order valence-corrected chi connectivity index (χ2v) is 9.17. The molecule has 1 aromatic heterocycles. The molecular weight excluding hydrogens is 334 g/mol. The fourth-order valence-electron chi connectivity index (χ4n) is 4.10. The third-order valence-electron chi connectivity index (χ3n) is 5.33. The van der Waals surface area contributed by atoms with Crippen molar-refractivity contribution < 1.29 is 22.7 Å². The van der Waals surface area contributed by atoms with Crippen molar-refractivity contribution in [1.82, 2.24) is 14.2 Å². The highest BCUT2D eigenvalue weighted by Crippen LogP contribution is 2.48. The van der Waals surface area contributed by atoms with Crippen molar-refractivity contribution in [2.45, 2.75) is 31.7 Å². The third kappa shape index (κ3) is 2.96. The molecule has 2 saturated heterocycles. The maximum atomic E-state index is 12.3. The van der Waals surface area contributed by atoms with E-state index in [0.29, 0.717) is 38.9 Å². The fourth-order valence-corrected chi connectivity index (χ4v) is 5.53. The smallest absolute Gasteiger partial charge is 0.291 e. The van der Waals surface area contributed by atoms with Gasteiger partial charge in [0, 0.05) is 19.6 Å². The number of hydrogen-bond donors (Lipinski definition) is 1. The van der Waals surface area contributed by atoms with Crippen LogP contribution < -0.4 is 0 Å². The van der Waals surface area contributed by atoms with E-state index < -0.39 is 15.6 Å². The summed E-state index contributed by atoms with van der Waals surface area (Å²) < 4.78 is 30.7. The van der Waals surface area contributed by atoms with Gasteiger partial charge in [0.05, 0.1) is 24.6 Å². The van der Waals surface area contributed by atoms with Crippen LogP contribution in [-0.4, -0.2) is 71.7 Å². The Bertz CT molecular complexity index is 709. The topological polar surface area (TPSA) is 104 Å². The van der Waals surface area contributed by atoms with Crippen LogP contribution in [-0.2, 0) is 10.0 Å². The first-order valence-electron chi connectivity index (χ1n) is 7.96. The summed E-state index contributed by atoms with van der Waals surface area (Å²) in [4.78, 5) is 17.8. The van der Waals surface area contributed by atoms with E-state index >= 15 is 0 Å². The van der Waals surface area contributed by atoms with Crippen molar-refractivity contribution in [1.29, 1.82) is 0 Å². The lowest BCUT2D eigenvalue weighted by Crippen LogP contribution is -2.47. The molecule has 2 fully saturated rings. The first kappa shape index (κ1) is 17.4. The predicted octanol–water partition coefficient (Wildman–Crippen LogP) is 0.313. The highest BCUT2D eigenvalue weighted by atomic mass is 32.2. The van der Waals surface area contributed by atoms with Crippen molar-refractivity contribution >= 4 is 15.9 Å². The maximum Gasteiger partial charge on any atom is 0.291 e. The number of sulfonamides is 1. The standard InChI is InChI=1S/C15H23N3O5S/c1-14(10-19)8-15(9-18(14)24(2,21)22)3-5-17(6-4-15)13(20)12-7-16-11-23-12/h7,11,19H,3-6,8-10H2,1-2H3/t14-/m1/s1. The Labute approximate surface area is 141 Å². The number of aliphatic hydroxyl groups is 1. The van der Waals surface area contributed by atoms with Crippen molar-refractivity contribution in [3.05, 3.63) is 18.4 Å². The molecule has 8 nitrogen and oxygen atoms in total. The lowest BCUT2D eigenvalue weighted by molar-refractivity contribution is 0.0558. The lowest BCUT2D eigenvalue weighted by atomic mass is 9.74. The minimum atomic E-state index is -3.39. The molecule has 3 heterocycles. The van der Waals surface area contributed by atoms with Gasteiger partial charge < -0.3 is 14.4 Å². The van der Waals surface area contributed by atoms with Crippen LogP contribution in [0.2, 0.25) is 0 Å². The van der Waals surface area contributed by atoms with Gasteiger partial charge in [0.15, 0.2) is 6.39 Å². The number of likely N-dealkylation sites (tertiary alicyclic amines) is 1. The normalized spacial score (nSPS) is 27.7. The summed E-state index contributed by atoms with van der Waals surface area (Å²) in [6, 6.07) is 0. The Morgan fingerprint density at radius 1 is 1.42 bits per heavy atom. The van der Waals surface area contributed by atoms with E-state index in [0.717, 1.165) is 0 Å². The number of carbonyl (C=O) groups excluding carboxylic acids is 1. The summed E-state index contributed by atoms with van der Waals surface area (Å²) in [5, 5.41) is 9.75. The van der Waals surface area contributed by atoms with Crippen LogP contribution in [0.15, 0.2) is 17.0 Å². The number of oxazole rings is 1. The highest BCUT2D eigenvalue weighted by molar-refractivity contribution is 7.88. The molecule has 0 aromatic carbocycles. The summed E-state index contributed by atoms with van der Waals surface area (Å²) in [6.07, 6.45) is 5.82. The van der Waals surface area contributed by atoms with Crippen LogP contribution in [0.1, 0.15) is 36.7 Å². The molecule has 9 heteroatoms. The molecule has 1 N–H and O–H groups in total. The average molecular weight is 357 g/mol. The first-order valence-corrected chi connectivity index (χ1v) is 9.80.